The second-order valence-electron chi connectivity index (χ2n) is 7.16. The summed E-state index contributed by atoms with van der Waals surface area (Å²) < 4.78 is 0. The van der Waals surface area contributed by atoms with Crippen molar-refractivity contribution in [3.8, 4) is 0 Å². The Balaban J connectivity index is 1.70. The summed E-state index contributed by atoms with van der Waals surface area (Å²) in [6.45, 7) is 11.0. The van der Waals surface area contributed by atoms with Gasteiger partial charge in [-0.15, -0.1) is 0 Å². The lowest BCUT2D eigenvalue weighted by Crippen LogP contribution is -2.47. The molecular weight excluding hydrogens is 220 g/mol. The molecule has 0 aromatic rings. The van der Waals surface area contributed by atoms with E-state index in [9.17, 15) is 0 Å². The summed E-state index contributed by atoms with van der Waals surface area (Å²) in [5.74, 6) is 0. The first kappa shape index (κ1) is 14.3. The molecule has 0 bridgehead atoms. The number of nitrogens with one attached hydrogen (secondary N) is 1. The molecule has 1 N–H and O–H groups in total. The fourth-order valence-corrected chi connectivity index (χ4v) is 3.49. The topological polar surface area (TPSA) is 15.3 Å². The van der Waals surface area contributed by atoms with Gasteiger partial charge in [0, 0.05) is 12.1 Å². The Bertz CT molecular complexity index is 231. The van der Waals surface area contributed by atoms with Crippen LogP contribution in [0.1, 0.15) is 65.7 Å². The molecule has 2 nitrogen and oxygen atoms in total. The smallest absolute Gasteiger partial charge is 0.00964 e. The maximum absolute atomic E-state index is 3.69. The lowest BCUT2D eigenvalue weighted by atomic mass is 9.81. The largest absolute Gasteiger partial charge is 0.314 e. The van der Waals surface area contributed by atoms with E-state index in [2.05, 4.69) is 31.0 Å². The van der Waals surface area contributed by atoms with Gasteiger partial charge in [0.05, 0.1) is 0 Å². The van der Waals surface area contributed by atoms with Crippen LogP contribution in [0.3, 0.4) is 0 Å². The minimum Gasteiger partial charge on any atom is -0.314 e. The van der Waals surface area contributed by atoms with Crippen molar-refractivity contribution in [1.29, 1.82) is 0 Å². The highest BCUT2D eigenvalue weighted by Gasteiger charge is 2.31. The molecule has 106 valence electrons. The summed E-state index contributed by atoms with van der Waals surface area (Å²) in [5, 5.41) is 3.69. The third-order valence-corrected chi connectivity index (χ3v) is 5.05. The second-order valence-corrected chi connectivity index (χ2v) is 7.16. The Morgan fingerprint density at radius 2 is 1.67 bits per heavy atom. The molecule has 1 saturated carbocycles. The maximum atomic E-state index is 3.69. The Hall–Kier alpha value is -0.0800. The van der Waals surface area contributed by atoms with Crippen LogP contribution in [0.2, 0.25) is 0 Å². The number of piperidine rings is 1. The van der Waals surface area contributed by atoms with Crippen LogP contribution in [0.25, 0.3) is 0 Å². The van der Waals surface area contributed by atoms with E-state index in [1.165, 1.54) is 64.6 Å². The minimum absolute atomic E-state index is 0.594. The molecule has 0 aromatic heterocycles. The molecule has 1 aliphatic heterocycles. The molecule has 0 amide bonds. The van der Waals surface area contributed by atoms with E-state index in [0.29, 0.717) is 5.41 Å². The first-order valence-electron chi connectivity index (χ1n) is 8.08. The first-order valence-corrected chi connectivity index (χ1v) is 8.08. The fourth-order valence-electron chi connectivity index (χ4n) is 3.49. The van der Waals surface area contributed by atoms with E-state index in [1.54, 1.807) is 0 Å². The van der Waals surface area contributed by atoms with Crippen LogP contribution in [0.5, 0.6) is 0 Å². The van der Waals surface area contributed by atoms with Gasteiger partial charge in [-0.25, -0.2) is 0 Å². The summed E-state index contributed by atoms with van der Waals surface area (Å²) in [5.41, 5.74) is 0.594. The van der Waals surface area contributed by atoms with Gasteiger partial charge >= 0.3 is 0 Å². The van der Waals surface area contributed by atoms with Crippen molar-refractivity contribution < 1.29 is 0 Å². The van der Waals surface area contributed by atoms with Crippen LogP contribution in [0.4, 0.5) is 0 Å². The molecule has 0 spiro atoms. The van der Waals surface area contributed by atoms with E-state index >= 15 is 0 Å². The molecular formula is C16H32N2. The molecule has 1 saturated heterocycles. The first-order chi connectivity index (χ1) is 8.61. The molecule has 0 unspecified atom stereocenters. The summed E-state index contributed by atoms with van der Waals surface area (Å²) in [6.07, 6.45) is 9.67. The summed E-state index contributed by atoms with van der Waals surface area (Å²) in [7, 11) is 0. The second kappa shape index (κ2) is 6.38. The molecule has 18 heavy (non-hydrogen) atoms. The third kappa shape index (κ3) is 3.96. The molecule has 0 atom stereocenters. The predicted octanol–water partition coefficient (Wildman–Crippen LogP) is 3.42. The minimum atomic E-state index is 0.594. The normalized spacial score (nSPS) is 33.5. The average molecular weight is 252 g/mol. The zero-order valence-corrected chi connectivity index (χ0v) is 12.7. The van der Waals surface area contributed by atoms with Gasteiger partial charge in [-0.05, 0) is 70.0 Å². The van der Waals surface area contributed by atoms with Gasteiger partial charge < -0.3 is 10.2 Å². The summed E-state index contributed by atoms with van der Waals surface area (Å²) >= 11 is 0. The zero-order chi connectivity index (χ0) is 13.0. The van der Waals surface area contributed by atoms with E-state index in [-0.39, 0.29) is 0 Å². The van der Waals surface area contributed by atoms with E-state index in [0.717, 1.165) is 12.1 Å². The Labute approximate surface area is 114 Å². The van der Waals surface area contributed by atoms with Crippen LogP contribution in [0, 0.1) is 5.41 Å². The van der Waals surface area contributed by atoms with Crippen molar-refractivity contribution in [2.24, 2.45) is 5.41 Å². The molecule has 1 aliphatic carbocycles. The van der Waals surface area contributed by atoms with E-state index in [1.807, 2.05) is 0 Å². The van der Waals surface area contributed by atoms with Crippen LogP contribution in [0.15, 0.2) is 0 Å². The van der Waals surface area contributed by atoms with Crippen molar-refractivity contribution >= 4 is 0 Å². The average Bonchev–Trinajstić information content (AvgIpc) is 2.37. The number of nitrogens with zero attached hydrogens (tertiary/aromatic N) is 1. The lowest BCUT2D eigenvalue weighted by Gasteiger charge is -2.43. The van der Waals surface area contributed by atoms with Gasteiger partial charge in [-0.1, -0.05) is 20.8 Å². The standard InChI is InChI=1S/C16H32N2/c1-4-11-17-14-5-7-15(8-6-14)18-12-9-16(2,3)10-13-18/h14-15,17H,4-13H2,1-3H3. The van der Waals surface area contributed by atoms with Gasteiger partial charge in [-0.2, -0.15) is 0 Å². The molecule has 0 aromatic carbocycles. The van der Waals surface area contributed by atoms with Crippen molar-refractivity contribution in [2.75, 3.05) is 19.6 Å². The predicted molar refractivity (Wildman–Crippen MR) is 78.9 cm³/mol. The number of rotatable bonds is 4. The number of hydrogen-bond acceptors (Lipinski definition) is 2. The van der Waals surface area contributed by atoms with Crippen LogP contribution < -0.4 is 5.32 Å². The van der Waals surface area contributed by atoms with Crippen LogP contribution in [-0.2, 0) is 0 Å². The van der Waals surface area contributed by atoms with Gasteiger partial charge in [-0.3, -0.25) is 0 Å². The van der Waals surface area contributed by atoms with Gasteiger partial charge in [0.15, 0.2) is 0 Å². The highest BCUT2D eigenvalue weighted by Crippen LogP contribution is 2.33. The molecule has 2 rings (SSSR count). The Morgan fingerprint density at radius 3 is 2.22 bits per heavy atom. The third-order valence-electron chi connectivity index (χ3n) is 5.05. The summed E-state index contributed by atoms with van der Waals surface area (Å²) in [4.78, 5) is 2.78. The number of likely N-dealkylation sites (tertiary alicyclic amines) is 1. The molecule has 2 fully saturated rings. The molecule has 1 heterocycles. The van der Waals surface area contributed by atoms with Gasteiger partial charge in [0.2, 0.25) is 0 Å². The van der Waals surface area contributed by atoms with Crippen molar-refractivity contribution in [2.45, 2.75) is 77.8 Å². The van der Waals surface area contributed by atoms with Crippen molar-refractivity contribution in [3.63, 3.8) is 0 Å². The van der Waals surface area contributed by atoms with E-state index in [4.69, 9.17) is 0 Å². The van der Waals surface area contributed by atoms with Gasteiger partial charge in [0.1, 0.15) is 0 Å². The highest BCUT2D eigenvalue weighted by molar-refractivity contribution is 4.87. The van der Waals surface area contributed by atoms with Crippen LogP contribution in [-0.4, -0.2) is 36.6 Å². The molecule has 2 heteroatoms. The highest BCUT2D eigenvalue weighted by atomic mass is 15.2. The quantitative estimate of drug-likeness (QED) is 0.825. The number of hydrogen-bond donors (Lipinski definition) is 1. The Morgan fingerprint density at radius 1 is 1.06 bits per heavy atom. The van der Waals surface area contributed by atoms with Crippen molar-refractivity contribution in [3.05, 3.63) is 0 Å². The molecule has 2 aliphatic rings. The Kier molecular flexibility index (Phi) is 5.08. The SMILES string of the molecule is CCCNC1CCC(N2CCC(C)(C)CC2)CC1. The maximum Gasteiger partial charge on any atom is 0.00964 e. The fraction of sp³-hybridized carbons (Fsp3) is 1.00. The summed E-state index contributed by atoms with van der Waals surface area (Å²) in [6, 6.07) is 1.70. The lowest BCUT2D eigenvalue weighted by molar-refractivity contribution is 0.0713. The van der Waals surface area contributed by atoms with Crippen molar-refractivity contribution in [1.82, 2.24) is 10.2 Å². The van der Waals surface area contributed by atoms with E-state index < -0.39 is 0 Å². The zero-order valence-electron chi connectivity index (χ0n) is 12.7. The van der Waals surface area contributed by atoms with Crippen LogP contribution >= 0.6 is 0 Å². The monoisotopic (exact) mass is 252 g/mol. The molecule has 0 radical (unpaired) electrons. The van der Waals surface area contributed by atoms with Gasteiger partial charge in [0.25, 0.3) is 0 Å².